The molecule has 21 heavy (non-hydrogen) atoms. The van der Waals surface area contributed by atoms with Crippen LogP contribution in [0.1, 0.15) is 59.3 Å². The summed E-state index contributed by atoms with van der Waals surface area (Å²) in [6, 6.07) is 1.41. The third-order valence-corrected chi connectivity index (χ3v) is 5.64. The van der Waals surface area contributed by atoms with Crippen LogP contribution in [0.2, 0.25) is 0 Å². The van der Waals surface area contributed by atoms with Crippen LogP contribution in [0.5, 0.6) is 0 Å². The molecule has 0 amide bonds. The maximum absolute atomic E-state index is 5.47. The smallest absolute Gasteiger partial charge is 0.0571 e. The van der Waals surface area contributed by atoms with Gasteiger partial charge in [-0.25, -0.2) is 0 Å². The number of ether oxygens (including phenoxy) is 1. The molecule has 0 aromatic heterocycles. The van der Waals surface area contributed by atoms with Crippen LogP contribution >= 0.6 is 0 Å². The van der Waals surface area contributed by atoms with Crippen LogP contribution < -0.4 is 0 Å². The second-order valence-corrected chi connectivity index (χ2v) is 7.50. The van der Waals surface area contributed by atoms with Crippen LogP contribution in [0.3, 0.4) is 0 Å². The Morgan fingerprint density at radius 2 is 1.81 bits per heavy atom. The topological polar surface area (TPSA) is 15.7 Å². The zero-order valence-electron chi connectivity index (χ0n) is 14.7. The molecular formula is C18H36N2O. The van der Waals surface area contributed by atoms with E-state index in [4.69, 9.17) is 4.74 Å². The highest BCUT2D eigenvalue weighted by atomic mass is 16.5. The number of methoxy groups -OCH3 is 1. The van der Waals surface area contributed by atoms with Gasteiger partial charge in [-0.15, -0.1) is 0 Å². The van der Waals surface area contributed by atoms with E-state index < -0.39 is 0 Å². The fraction of sp³-hybridized carbons (Fsp3) is 1.00. The Bertz CT molecular complexity index is 287. The van der Waals surface area contributed by atoms with Crippen LogP contribution in [-0.2, 0) is 4.74 Å². The summed E-state index contributed by atoms with van der Waals surface area (Å²) in [5.41, 5.74) is 0. The number of rotatable bonds is 6. The third-order valence-electron chi connectivity index (χ3n) is 5.64. The van der Waals surface area contributed by atoms with E-state index in [1.165, 1.54) is 64.7 Å². The van der Waals surface area contributed by atoms with E-state index in [1.807, 2.05) is 7.11 Å². The van der Waals surface area contributed by atoms with E-state index in [-0.39, 0.29) is 0 Å². The van der Waals surface area contributed by atoms with Crippen LogP contribution in [0.25, 0.3) is 0 Å². The number of hydrogen-bond donors (Lipinski definition) is 0. The third kappa shape index (κ3) is 5.22. The van der Waals surface area contributed by atoms with Gasteiger partial charge < -0.3 is 9.64 Å². The Balaban J connectivity index is 1.60. The maximum Gasteiger partial charge on any atom is 0.0571 e. The molecule has 2 rings (SSSR count). The SMILES string of the molecule is CO[C@H]1CC[C@H](CCCN2CCN(C(C)C)[C@@H](C)C2)CC1. The van der Waals surface area contributed by atoms with Gasteiger partial charge in [0.2, 0.25) is 0 Å². The van der Waals surface area contributed by atoms with Crippen molar-refractivity contribution in [2.24, 2.45) is 5.92 Å². The van der Waals surface area contributed by atoms with Gasteiger partial charge in [-0.05, 0) is 71.8 Å². The summed E-state index contributed by atoms with van der Waals surface area (Å²) in [6.45, 7) is 12.1. The lowest BCUT2D eigenvalue weighted by molar-refractivity contribution is 0.0493. The molecule has 0 unspecified atom stereocenters. The first-order chi connectivity index (χ1) is 10.1. The highest BCUT2D eigenvalue weighted by molar-refractivity contribution is 4.81. The summed E-state index contributed by atoms with van der Waals surface area (Å²) >= 11 is 0. The van der Waals surface area contributed by atoms with E-state index in [0.717, 1.165) is 12.0 Å². The molecule has 1 aliphatic heterocycles. The Hall–Kier alpha value is -0.120. The predicted octanol–water partition coefficient (Wildman–Crippen LogP) is 3.39. The molecule has 1 atom stereocenters. The van der Waals surface area contributed by atoms with E-state index in [2.05, 4.69) is 30.6 Å². The zero-order chi connectivity index (χ0) is 15.2. The van der Waals surface area contributed by atoms with Gasteiger partial charge in [-0.1, -0.05) is 0 Å². The van der Waals surface area contributed by atoms with Crippen LogP contribution in [0, 0.1) is 5.92 Å². The molecule has 3 nitrogen and oxygen atoms in total. The molecule has 1 heterocycles. The lowest BCUT2D eigenvalue weighted by Crippen LogP contribution is -2.54. The van der Waals surface area contributed by atoms with E-state index in [9.17, 15) is 0 Å². The van der Waals surface area contributed by atoms with Gasteiger partial charge in [0.1, 0.15) is 0 Å². The van der Waals surface area contributed by atoms with Gasteiger partial charge >= 0.3 is 0 Å². The van der Waals surface area contributed by atoms with Crippen LogP contribution in [0.4, 0.5) is 0 Å². The summed E-state index contributed by atoms with van der Waals surface area (Å²) in [7, 11) is 1.86. The van der Waals surface area contributed by atoms with Crippen molar-refractivity contribution in [3.05, 3.63) is 0 Å². The number of nitrogens with zero attached hydrogens (tertiary/aromatic N) is 2. The first-order valence-electron chi connectivity index (χ1n) is 9.11. The molecule has 2 aliphatic rings. The first kappa shape index (κ1) is 17.2. The lowest BCUT2D eigenvalue weighted by Gasteiger charge is -2.42. The molecule has 0 radical (unpaired) electrons. The van der Waals surface area contributed by atoms with Crippen molar-refractivity contribution in [2.75, 3.05) is 33.3 Å². The minimum Gasteiger partial charge on any atom is -0.381 e. The fourth-order valence-corrected chi connectivity index (χ4v) is 4.28. The highest BCUT2D eigenvalue weighted by Gasteiger charge is 2.25. The van der Waals surface area contributed by atoms with E-state index in [0.29, 0.717) is 12.1 Å². The van der Waals surface area contributed by atoms with Crippen molar-refractivity contribution in [3.8, 4) is 0 Å². The molecule has 1 aliphatic carbocycles. The Morgan fingerprint density at radius 1 is 1.10 bits per heavy atom. The monoisotopic (exact) mass is 296 g/mol. The van der Waals surface area contributed by atoms with Gasteiger partial charge in [0, 0.05) is 38.8 Å². The van der Waals surface area contributed by atoms with Gasteiger partial charge in [-0.2, -0.15) is 0 Å². The van der Waals surface area contributed by atoms with Gasteiger partial charge in [0.15, 0.2) is 0 Å². The molecule has 0 spiro atoms. The van der Waals surface area contributed by atoms with Gasteiger partial charge in [0.25, 0.3) is 0 Å². The minimum absolute atomic E-state index is 0.547. The normalized spacial score (nSPS) is 32.7. The minimum atomic E-state index is 0.547. The fourth-order valence-electron chi connectivity index (χ4n) is 4.28. The average molecular weight is 296 g/mol. The van der Waals surface area contributed by atoms with Crippen LogP contribution in [0.15, 0.2) is 0 Å². The average Bonchev–Trinajstić information content (AvgIpc) is 2.47. The summed E-state index contributed by atoms with van der Waals surface area (Å²) in [5.74, 6) is 0.964. The lowest BCUT2D eigenvalue weighted by atomic mass is 9.84. The van der Waals surface area contributed by atoms with Crippen molar-refractivity contribution in [1.29, 1.82) is 0 Å². The largest absolute Gasteiger partial charge is 0.381 e. The molecule has 1 saturated heterocycles. The van der Waals surface area contributed by atoms with Crippen molar-refractivity contribution in [3.63, 3.8) is 0 Å². The second-order valence-electron chi connectivity index (χ2n) is 7.50. The Kier molecular flexibility index (Phi) is 6.97. The van der Waals surface area contributed by atoms with Crippen molar-refractivity contribution < 1.29 is 4.74 Å². The van der Waals surface area contributed by atoms with Crippen LogP contribution in [-0.4, -0.2) is 61.3 Å². The van der Waals surface area contributed by atoms with Crippen molar-refractivity contribution in [2.45, 2.75) is 77.5 Å². The molecule has 0 aromatic rings. The molecule has 0 bridgehead atoms. The first-order valence-corrected chi connectivity index (χ1v) is 9.11. The molecule has 3 heteroatoms. The van der Waals surface area contributed by atoms with Crippen molar-refractivity contribution in [1.82, 2.24) is 9.80 Å². The molecule has 0 aromatic carbocycles. The summed E-state index contributed by atoms with van der Waals surface area (Å²) in [4.78, 5) is 5.33. The molecule has 1 saturated carbocycles. The molecule has 2 fully saturated rings. The molecule has 124 valence electrons. The van der Waals surface area contributed by atoms with E-state index in [1.54, 1.807) is 0 Å². The standard InChI is InChI=1S/C18H36N2O/c1-15(2)20-13-12-19(14-16(20)3)11-5-6-17-7-9-18(21-4)10-8-17/h15-18H,5-14H2,1-4H3/t16-,17-,18-/m0/s1. The summed E-state index contributed by atoms with van der Waals surface area (Å²) in [5, 5.41) is 0. The predicted molar refractivity (Wildman–Crippen MR) is 89.7 cm³/mol. The quantitative estimate of drug-likeness (QED) is 0.747. The zero-order valence-corrected chi connectivity index (χ0v) is 14.7. The maximum atomic E-state index is 5.47. The van der Waals surface area contributed by atoms with Gasteiger partial charge in [-0.3, -0.25) is 4.90 Å². The summed E-state index contributed by atoms with van der Waals surface area (Å²) in [6.07, 6.45) is 8.69. The molecular weight excluding hydrogens is 260 g/mol. The number of piperazine rings is 1. The van der Waals surface area contributed by atoms with E-state index >= 15 is 0 Å². The Labute approximate surface area is 132 Å². The van der Waals surface area contributed by atoms with Gasteiger partial charge in [0.05, 0.1) is 6.10 Å². The molecule has 0 N–H and O–H groups in total. The second kappa shape index (κ2) is 8.50. The number of hydrogen-bond acceptors (Lipinski definition) is 3. The Morgan fingerprint density at radius 3 is 2.38 bits per heavy atom. The van der Waals surface area contributed by atoms with Crippen molar-refractivity contribution >= 4 is 0 Å². The highest BCUT2D eigenvalue weighted by Crippen LogP contribution is 2.29. The summed E-state index contributed by atoms with van der Waals surface area (Å²) < 4.78 is 5.47.